The zero-order valence-electron chi connectivity index (χ0n) is 32.7. The van der Waals surface area contributed by atoms with E-state index >= 15 is 0 Å². The van der Waals surface area contributed by atoms with Crippen LogP contribution in [0.3, 0.4) is 0 Å². The Morgan fingerprint density at radius 1 is 0.792 bits per heavy atom. The van der Waals surface area contributed by atoms with Crippen LogP contribution in [0.5, 0.6) is 0 Å². The highest BCUT2D eigenvalue weighted by Gasteiger charge is 2.40. The lowest BCUT2D eigenvalue weighted by Gasteiger charge is -2.41. The Hall–Kier alpha value is -3.45. The van der Waals surface area contributed by atoms with Gasteiger partial charge >= 0.3 is 0 Å². The van der Waals surface area contributed by atoms with Crippen molar-refractivity contribution in [2.75, 3.05) is 0 Å². The Labute approximate surface area is 295 Å². The molecule has 3 aromatic rings. The van der Waals surface area contributed by atoms with Crippen LogP contribution in [-0.4, -0.2) is 0 Å². The third-order valence-electron chi connectivity index (χ3n) is 9.49. The molecule has 0 N–H and O–H groups in total. The SMILES string of the molecule is CC.CC.CC1(C)CC1.CC=CCC1CC=C(F)C2=C1Cc1c(/C=C\C)cccc1C2(C)C.Cc1cccc(-c2cc(C)ccc2C)c1. The van der Waals surface area contributed by atoms with Crippen molar-refractivity contribution in [3.05, 3.63) is 135 Å². The largest absolute Gasteiger partial charge is 0.207 e. The maximum atomic E-state index is 14.8. The molecular weight excluding hydrogens is 584 g/mol. The van der Waals surface area contributed by atoms with E-state index in [9.17, 15) is 4.39 Å². The monoisotopic (exact) mass is 649 g/mol. The number of halogens is 1. The van der Waals surface area contributed by atoms with Crippen LogP contribution in [0.4, 0.5) is 4.39 Å². The van der Waals surface area contributed by atoms with E-state index < -0.39 is 0 Å². The molecular formula is C47H65F. The van der Waals surface area contributed by atoms with E-state index in [1.165, 1.54) is 62.9 Å². The summed E-state index contributed by atoms with van der Waals surface area (Å²) in [5, 5.41) is 0. The second kappa shape index (κ2) is 18.9. The van der Waals surface area contributed by atoms with Gasteiger partial charge in [-0.2, -0.15) is 0 Å². The van der Waals surface area contributed by atoms with Gasteiger partial charge in [-0.15, -0.1) is 0 Å². The Morgan fingerprint density at radius 3 is 2.00 bits per heavy atom. The van der Waals surface area contributed by atoms with Crippen LogP contribution in [-0.2, 0) is 11.8 Å². The first-order valence-corrected chi connectivity index (χ1v) is 18.5. The average Bonchev–Trinajstić information content (AvgIpc) is 3.78. The summed E-state index contributed by atoms with van der Waals surface area (Å²) < 4.78 is 14.8. The molecule has 3 aliphatic rings. The minimum atomic E-state index is -0.282. The Kier molecular flexibility index (Phi) is 16.1. The second-order valence-electron chi connectivity index (χ2n) is 14.2. The number of rotatable bonds is 4. The topological polar surface area (TPSA) is 0 Å². The normalized spacial score (nSPS) is 18.0. The van der Waals surface area contributed by atoms with E-state index in [1.807, 2.05) is 27.7 Å². The first-order chi connectivity index (χ1) is 22.9. The number of fused-ring (bicyclic) bond motifs is 1. The molecule has 0 aromatic heterocycles. The lowest BCUT2D eigenvalue weighted by molar-refractivity contribution is 0.476. The number of allylic oxidation sites excluding steroid dienone is 7. The molecule has 0 spiro atoms. The van der Waals surface area contributed by atoms with Crippen LogP contribution < -0.4 is 0 Å². The Bertz CT molecular complexity index is 1580. The van der Waals surface area contributed by atoms with Gasteiger partial charge in [0.2, 0.25) is 0 Å². The van der Waals surface area contributed by atoms with Crippen LogP contribution in [0.25, 0.3) is 17.2 Å². The summed E-state index contributed by atoms with van der Waals surface area (Å²) in [5.41, 5.74) is 13.3. The molecule has 0 heterocycles. The predicted molar refractivity (Wildman–Crippen MR) is 213 cm³/mol. The van der Waals surface area contributed by atoms with Gasteiger partial charge in [0, 0.05) is 5.41 Å². The van der Waals surface area contributed by atoms with E-state index in [0.717, 1.165) is 30.3 Å². The maximum Gasteiger partial charge on any atom is 0.123 e. The highest BCUT2D eigenvalue weighted by Crippen LogP contribution is 2.50. The third kappa shape index (κ3) is 10.8. The first-order valence-electron chi connectivity index (χ1n) is 18.5. The minimum Gasteiger partial charge on any atom is -0.207 e. The van der Waals surface area contributed by atoms with Crippen molar-refractivity contribution in [3.8, 4) is 11.1 Å². The minimum absolute atomic E-state index is 0.00573. The van der Waals surface area contributed by atoms with Crippen LogP contribution in [0.15, 0.2) is 102 Å². The van der Waals surface area contributed by atoms with E-state index in [-0.39, 0.29) is 11.2 Å². The Balaban J connectivity index is 0.000000282. The lowest BCUT2D eigenvalue weighted by atomic mass is 9.63. The van der Waals surface area contributed by atoms with Gasteiger partial charge in [-0.25, -0.2) is 4.39 Å². The van der Waals surface area contributed by atoms with Crippen molar-refractivity contribution in [1.29, 1.82) is 0 Å². The van der Waals surface area contributed by atoms with Crippen molar-refractivity contribution in [2.45, 2.75) is 128 Å². The van der Waals surface area contributed by atoms with Gasteiger partial charge in [0.1, 0.15) is 5.83 Å². The summed E-state index contributed by atoms with van der Waals surface area (Å²) in [5.74, 6) is 0.413. The quantitative estimate of drug-likeness (QED) is 0.247. The smallest absolute Gasteiger partial charge is 0.123 e. The van der Waals surface area contributed by atoms with Gasteiger partial charge in [0.05, 0.1) is 0 Å². The third-order valence-corrected chi connectivity index (χ3v) is 9.49. The number of benzene rings is 3. The fourth-order valence-electron chi connectivity index (χ4n) is 6.48. The summed E-state index contributed by atoms with van der Waals surface area (Å²) in [7, 11) is 0. The Morgan fingerprint density at radius 2 is 1.42 bits per heavy atom. The van der Waals surface area contributed by atoms with Crippen LogP contribution in [0.1, 0.15) is 128 Å². The van der Waals surface area contributed by atoms with Crippen LogP contribution in [0.2, 0.25) is 0 Å². The van der Waals surface area contributed by atoms with Crippen molar-refractivity contribution in [1.82, 2.24) is 0 Å². The van der Waals surface area contributed by atoms with Gasteiger partial charge in [0.15, 0.2) is 0 Å². The molecule has 0 amide bonds. The molecule has 0 aliphatic heterocycles. The number of aryl methyl sites for hydroxylation is 3. The summed E-state index contributed by atoms with van der Waals surface area (Å²) >= 11 is 0. The van der Waals surface area contributed by atoms with Crippen molar-refractivity contribution >= 4 is 6.08 Å². The van der Waals surface area contributed by atoms with E-state index in [1.54, 1.807) is 6.08 Å². The van der Waals surface area contributed by atoms with E-state index in [4.69, 9.17) is 0 Å². The van der Waals surface area contributed by atoms with Gasteiger partial charge < -0.3 is 0 Å². The summed E-state index contributed by atoms with van der Waals surface area (Å²) in [4.78, 5) is 0. The molecule has 3 aliphatic carbocycles. The fraction of sp³-hybridized carbons (Fsp3) is 0.447. The second-order valence-corrected chi connectivity index (χ2v) is 14.2. The summed E-state index contributed by atoms with van der Waals surface area (Å²) in [6, 6.07) is 21.7. The molecule has 1 saturated carbocycles. The van der Waals surface area contributed by atoms with Crippen molar-refractivity contribution in [3.63, 3.8) is 0 Å². The zero-order chi connectivity index (χ0) is 36.1. The molecule has 0 saturated heterocycles. The first kappa shape index (κ1) is 40.7. The van der Waals surface area contributed by atoms with E-state index in [2.05, 4.69) is 147 Å². The molecule has 1 unspecified atom stereocenters. The van der Waals surface area contributed by atoms with Crippen LogP contribution >= 0.6 is 0 Å². The van der Waals surface area contributed by atoms with Gasteiger partial charge in [-0.1, -0.05) is 157 Å². The highest BCUT2D eigenvalue weighted by molar-refractivity contribution is 5.68. The molecule has 48 heavy (non-hydrogen) atoms. The molecule has 6 rings (SSSR count). The highest BCUT2D eigenvalue weighted by atomic mass is 19.1. The summed E-state index contributed by atoms with van der Waals surface area (Å²) in [6.07, 6.45) is 16.0. The molecule has 0 nitrogen and oxygen atoms in total. The predicted octanol–water partition coefficient (Wildman–Crippen LogP) is 14.8. The zero-order valence-corrected chi connectivity index (χ0v) is 32.7. The molecule has 0 radical (unpaired) electrons. The lowest BCUT2D eigenvalue weighted by Crippen LogP contribution is -2.32. The molecule has 1 fully saturated rings. The summed E-state index contributed by atoms with van der Waals surface area (Å²) in [6.45, 7) is 27.5. The van der Waals surface area contributed by atoms with Crippen molar-refractivity contribution < 1.29 is 4.39 Å². The molecule has 3 aromatic carbocycles. The number of hydrogen-bond donors (Lipinski definition) is 0. The number of hydrogen-bond acceptors (Lipinski definition) is 0. The average molecular weight is 649 g/mol. The van der Waals surface area contributed by atoms with Gasteiger partial charge in [0.25, 0.3) is 0 Å². The molecule has 1 heteroatoms. The standard InChI is InChI=1S/C23H27F.C15H16.C5H10.2C2H6/c1-5-7-10-17-13-14-21(24)22-19(17)15-18-16(9-6-2)11-8-12-20(18)23(22,3)4;1-11-5-4-6-14(9-11)15-10-12(2)7-8-13(15)3;1-5(2)3-4-5;2*1-2/h5-9,11-12,14,17H,10,13,15H2,1-4H3;4-10H,1-3H3;3-4H2,1-2H3;2*1-2H3/b7-5?,9-6-;;;;. The van der Waals surface area contributed by atoms with Gasteiger partial charge in [-0.05, 0) is 123 Å². The maximum absolute atomic E-state index is 14.8. The van der Waals surface area contributed by atoms with Gasteiger partial charge in [-0.3, -0.25) is 0 Å². The molecule has 1 atom stereocenters. The van der Waals surface area contributed by atoms with E-state index in [0.29, 0.717) is 5.92 Å². The molecule has 0 bridgehead atoms. The van der Waals surface area contributed by atoms with Crippen molar-refractivity contribution in [2.24, 2.45) is 11.3 Å². The van der Waals surface area contributed by atoms with Crippen LogP contribution in [0, 0.1) is 32.1 Å². The fourth-order valence-corrected chi connectivity index (χ4v) is 6.48. The molecule has 260 valence electrons.